The van der Waals surface area contributed by atoms with Crippen molar-refractivity contribution in [2.75, 3.05) is 72.8 Å². The third kappa shape index (κ3) is 8.15. The second-order valence-electron chi connectivity index (χ2n) is 11.6. The van der Waals surface area contributed by atoms with Crippen molar-refractivity contribution >= 4 is 79.9 Å². The fraction of sp³-hybridized carbons (Fsp3) is 0.235. The molecule has 0 unspecified atom stereocenters. The normalized spacial score (nSPS) is 14.7. The van der Waals surface area contributed by atoms with Gasteiger partial charge < -0.3 is 31.1 Å². The number of rotatable bonds is 6. The van der Waals surface area contributed by atoms with Crippen LogP contribution in [0, 0.1) is 4.91 Å². The van der Waals surface area contributed by atoms with Crippen LogP contribution in [0.3, 0.4) is 0 Å². The number of benzene rings is 4. The Morgan fingerprint density at radius 2 is 1.16 bits per heavy atom. The first kappa shape index (κ1) is 32.5. The van der Waals surface area contributed by atoms with Gasteiger partial charge in [-0.15, -0.1) is 10.2 Å². The number of aromatic nitrogens is 6. The van der Waals surface area contributed by atoms with Gasteiger partial charge in [0.1, 0.15) is 11.0 Å². The van der Waals surface area contributed by atoms with Gasteiger partial charge in [0.2, 0.25) is 5.95 Å². The summed E-state index contributed by atoms with van der Waals surface area (Å²) in [6, 6.07) is 26.7. The predicted octanol–water partition coefficient (Wildman–Crippen LogP) is 5.12. The average Bonchev–Trinajstić information content (AvgIpc) is 3.13. The molecule has 0 atom stereocenters. The monoisotopic (exact) mass is 697 g/mol. The molecular formula is C34H35Cl2N12O+. The summed E-state index contributed by atoms with van der Waals surface area (Å²) in [6.45, 7) is 8.13. The van der Waals surface area contributed by atoms with E-state index in [1.165, 1.54) is 11.4 Å². The van der Waals surface area contributed by atoms with Crippen molar-refractivity contribution in [3.63, 3.8) is 0 Å². The van der Waals surface area contributed by atoms with E-state index in [4.69, 9.17) is 23.2 Å². The molecule has 0 radical (unpaired) electrons. The lowest BCUT2D eigenvalue weighted by Gasteiger charge is -2.29. The van der Waals surface area contributed by atoms with E-state index in [0.717, 1.165) is 74.8 Å². The highest BCUT2D eigenvalue weighted by Gasteiger charge is 2.14. The fourth-order valence-electron chi connectivity index (χ4n) is 5.70. The molecule has 4 aromatic carbocycles. The van der Waals surface area contributed by atoms with Gasteiger partial charge in [-0.3, -0.25) is 0 Å². The topological polar surface area (TPSA) is 145 Å². The van der Waals surface area contributed by atoms with Crippen LogP contribution >= 0.6 is 23.2 Å². The summed E-state index contributed by atoms with van der Waals surface area (Å²) in [4.78, 5) is 25.7. The third-order valence-corrected chi connectivity index (χ3v) is 8.70. The maximum Gasteiger partial charge on any atom is 0.318 e. The third-order valence-electron chi connectivity index (χ3n) is 8.23. The maximum absolute atomic E-state index is 12.1. The summed E-state index contributed by atoms with van der Waals surface area (Å²) < 4.78 is 0.677. The van der Waals surface area contributed by atoms with E-state index < -0.39 is 0 Å². The Morgan fingerprint density at radius 1 is 0.612 bits per heavy atom. The summed E-state index contributed by atoms with van der Waals surface area (Å²) in [7, 11) is 0. The zero-order valence-corrected chi connectivity index (χ0v) is 28.0. The lowest BCUT2D eigenvalue weighted by atomic mass is 10.2. The number of nitrogens with one attached hydrogen (secondary N) is 5. The number of hydrogen-bond donors (Lipinski definition) is 5. The Kier molecular flexibility index (Phi) is 9.94. The number of fused-ring (bicyclic) bond motifs is 2. The molecule has 4 heterocycles. The molecule has 2 aliphatic rings. The van der Waals surface area contributed by atoms with E-state index >= 15 is 0 Å². The van der Waals surface area contributed by atoms with E-state index in [0.29, 0.717) is 37.5 Å². The van der Waals surface area contributed by atoms with Gasteiger partial charge in [-0.25, -0.2) is 9.97 Å². The highest BCUT2D eigenvalue weighted by atomic mass is 35.5. The molecule has 2 saturated heterocycles. The first-order valence-electron chi connectivity index (χ1n) is 16.0. The Balaban J connectivity index is 0.000000154. The van der Waals surface area contributed by atoms with Crippen LogP contribution in [0.5, 0.6) is 0 Å². The van der Waals surface area contributed by atoms with Gasteiger partial charge in [-0.2, -0.15) is 0 Å². The number of piperazine rings is 2. The average molecular weight is 699 g/mol. The van der Waals surface area contributed by atoms with Gasteiger partial charge in [0, 0.05) is 91.2 Å². The maximum atomic E-state index is 12.1. The smallest absolute Gasteiger partial charge is 0.318 e. The quantitative estimate of drug-likeness (QED) is 0.148. The largest absolute Gasteiger partial charge is 0.369 e. The molecule has 2 aliphatic heterocycles. The number of halogens is 2. The molecule has 0 amide bonds. The minimum atomic E-state index is 0.361. The molecule has 13 nitrogen and oxygen atoms in total. The zero-order valence-electron chi connectivity index (χ0n) is 26.5. The number of nitrogens with zero attached hydrogens (tertiary/aromatic N) is 7. The number of anilines is 6. The number of aromatic amines is 1. The lowest BCUT2D eigenvalue weighted by molar-refractivity contribution is -0.535. The summed E-state index contributed by atoms with van der Waals surface area (Å²) in [5, 5.41) is 25.1. The van der Waals surface area contributed by atoms with E-state index in [2.05, 4.69) is 80.6 Å². The number of H-pyrrole nitrogens is 1. The summed E-state index contributed by atoms with van der Waals surface area (Å²) >= 11 is 12.0. The van der Waals surface area contributed by atoms with Crippen LogP contribution in [0.4, 0.5) is 34.6 Å². The minimum absolute atomic E-state index is 0.361. The summed E-state index contributed by atoms with van der Waals surface area (Å²) in [5.74, 6) is 0.819. The predicted molar refractivity (Wildman–Crippen MR) is 196 cm³/mol. The van der Waals surface area contributed by atoms with Crippen molar-refractivity contribution in [2.45, 2.75) is 0 Å². The van der Waals surface area contributed by atoms with Crippen LogP contribution in [-0.2, 0) is 0 Å². The van der Waals surface area contributed by atoms with Gasteiger partial charge in [0.25, 0.3) is 5.95 Å². The fourth-order valence-corrected chi connectivity index (χ4v) is 6.03. The Labute approximate surface area is 292 Å². The number of hydrogen-bond acceptors (Lipinski definition) is 11. The van der Waals surface area contributed by atoms with Crippen LogP contribution < -0.4 is 35.6 Å². The van der Waals surface area contributed by atoms with Gasteiger partial charge in [-0.1, -0.05) is 28.3 Å². The van der Waals surface area contributed by atoms with E-state index in [9.17, 15) is 4.91 Å². The summed E-state index contributed by atoms with van der Waals surface area (Å²) in [5.41, 5.74) is 6.60. The Hall–Kier alpha value is -5.08. The van der Waals surface area contributed by atoms with Gasteiger partial charge in [0.05, 0.1) is 10.4 Å². The molecule has 5 N–H and O–H groups in total. The first-order valence-corrected chi connectivity index (χ1v) is 16.8. The van der Waals surface area contributed by atoms with Crippen LogP contribution in [0.15, 0.2) is 84.9 Å². The van der Waals surface area contributed by atoms with Crippen LogP contribution in [0.25, 0.3) is 22.1 Å². The molecule has 0 saturated carbocycles. The highest BCUT2D eigenvalue weighted by molar-refractivity contribution is 6.31. The standard InChI is InChI=1S/C17H18ClN6O.C17H17ClN6/c18-12-1-6-16-15(11-12)21-17(22-24(16)25)20-13-2-4-14(5-3-13)23-9-7-19-8-10-23;18-12-1-6-15-16(11-12)21-17(23-22-15)20-13-2-4-14(5-3-13)24-9-7-19-8-10-24/h1-6,11,19H,7-10H2,(H2,20,21,22,25);1-6,11,19H,7-10H2,(H,20,21,23)/q+1;. The molecule has 15 heteroatoms. The molecule has 0 bridgehead atoms. The molecule has 250 valence electrons. The van der Waals surface area contributed by atoms with Gasteiger partial charge >= 0.3 is 5.52 Å². The molecule has 49 heavy (non-hydrogen) atoms. The molecule has 6 aromatic rings. The van der Waals surface area contributed by atoms with E-state index in [1.807, 2.05) is 30.3 Å². The Morgan fingerprint density at radius 3 is 1.78 bits per heavy atom. The first-order chi connectivity index (χ1) is 24.0. The van der Waals surface area contributed by atoms with Crippen molar-refractivity contribution < 1.29 is 4.54 Å². The van der Waals surface area contributed by atoms with Gasteiger partial charge in [-0.05, 0) is 78.9 Å². The van der Waals surface area contributed by atoms with Crippen molar-refractivity contribution in [1.82, 2.24) is 35.9 Å². The van der Waals surface area contributed by atoms with Crippen molar-refractivity contribution in [3.05, 3.63) is 99.9 Å². The molecule has 2 fully saturated rings. The van der Waals surface area contributed by atoms with E-state index in [-0.39, 0.29) is 0 Å². The highest BCUT2D eigenvalue weighted by Crippen LogP contribution is 2.23. The van der Waals surface area contributed by atoms with E-state index in [1.54, 1.807) is 30.3 Å². The molecule has 0 aliphatic carbocycles. The molecule has 0 spiro atoms. The van der Waals surface area contributed by atoms with Crippen LogP contribution in [-0.4, -0.2) is 77.6 Å². The minimum Gasteiger partial charge on any atom is -0.369 e. The molecular weight excluding hydrogens is 663 g/mol. The molecule has 2 aromatic heterocycles. The van der Waals surface area contributed by atoms with Crippen molar-refractivity contribution in [2.24, 2.45) is 0 Å². The zero-order chi connectivity index (χ0) is 33.6. The van der Waals surface area contributed by atoms with Gasteiger partial charge in [0.15, 0.2) is 4.54 Å². The lowest BCUT2D eigenvalue weighted by Crippen LogP contribution is -2.43. The summed E-state index contributed by atoms with van der Waals surface area (Å²) in [6.07, 6.45) is 0. The Bertz CT molecular complexity index is 2100. The van der Waals surface area contributed by atoms with Crippen molar-refractivity contribution in [1.29, 1.82) is 0 Å². The second kappa shape index (κ2) is 15.0. The van der Waals surface area contributed by atoms with Crippen LogP contribution in [0.2, 0.25) is 10.0 Å². The van der Waals surface area contributed by atoms with Crippen molar-refractivity contribution in [3.8, 4) is 0 Å². The molecule has 8 rings (SSSR count). The second-order valence-corrected chi connectivity index (χ2v) is 12.5. The SMILES string of the molecule is Clc1ccc2nnc(Nc3ccc(N4CCNCC4)cc3)nc2c1.O=[n+]1[nH]c(Nc2ccc(N3CCNCC3)cc2)nc2cc(Cl)ccc21. The van der Waals surface area contributed by atoms with Crippen LogP contribution in [0.1, 0.15) is 0 Å².